The van der Waals surface area contributed by atoms with Crippen LogP contribution in [-0.4, -0.2) is 34.3 Å². The first kappa shape index (κ1) is 22.2. The summed E-state index contributed by atoms with van der Waals surface area (Å²) in [6.07, 6.45) is 4.02. The van der Waals surface area contributed by atoms with Crippen LogP contribution in [0.5, 0.6) is 0 Å². The van der Waals surface area contributed by atoms with E-state index in [4.69, 9.17) is 4.98 Å². The van der Waals surface area contributed by atoms with E-state index in [2.05, 4.69) is 73.5 Å². The Morgan fingerprint density at radius 2 is 1.72 bits per heavy atom. The van der Waals surface area contributed by atoms with Crippen molar-refractivity contribution in [3.05, 3.63) is 63.6 Å². The predicted octanol–water partition coefficient (Wildman–Crippen LogP) is 5.68. The molecule has 8 heteroatoms. The summed E-state index contributed by atoms with van der Waals surface area (Å²) in [5, 5.41) is 7.70. The molecular weight excluding hydrogens is 466 g/mol. The lowest BCUT2D eigenvalue weighted by atomic mass is 10.00. The number of hydrazone groups is 1. The Morgan fingerprint density at radius 3 is 2.47 bits per heavy atom. The fourth-order valence-corrected chi connectivity index (χ4v) is 3.81. The molecule has 0 aliphatic carbocycles. The smallest absolute Gasteiger partial charge is 0.250 e. The number of rotatable bonds is 6. The largest absolute Gasteiger partial charge is 0.341 e. The lowest BCUT2D eigenvalue weighted by molar-refractivity contribution is 0.434. The van der Waals surface area contributed by atoms with Crippen molar-refractivity contribution >= 4 is 45.7 Å². The zero-order chi connectivity index (χ0) is 22.5. The van der Waals surface area contributed by atoms with Gasteiger partial charge in [0.05, 0.1) is 6.21 Å². The van der Waals surface area contributed by atoms with Gasteiger partial charge in [-0.25, -0.2) is 5.43 Å². The summed E-state index contributed by atoms with van der Waals surface area (Å²) < 4.78 is 1.03. The molecule has 1 saturated heterocycles. The minimum absolute atomic E-state index is 0.412. The third kappa shape index (κ3) is 5.62. The quantitative estimate of drug-likeness (QED) is 0.339. The van der Waals surface area contributed by atoms with Crippen molar-refractivity contribution in [2.24, 2.45) is 11.0 Å². The number of halogens is 1. The summed E-state index contributed by atoms with van der Waals surface area (Å²) in [7, 11) is 0. The van der Waals surface area contributed by atoms with E-state index in [1.54, 1.807) is 6.21 Å². The highest BCUT2D eigenvalue weighted by Gasteiger charge is 2.20. The third-order valence-corrected chi connectivity index (χ3v) is 6.32. The second kappa shape index (κ2) is 10.1. The molecule has 0 amide bonds. The summed E-state index contributed by atoms with van der Waals surface area (Å²) in [5.41, 5.74) is 7.33. The molecule has 1 fully saturated rings. The zero-order valence-corrected chi connectivity index (χ0v) is 20.2. The average Bonchev–Trinajstić information content (AvgIpc) is 2.79. The minimum Gasteiger partial charge on any atom is -0.341 e. The molecule has 1 aliphatic rings. The molecule has 3 aromatic rings. The molecule has 0 saturated carbocycles. The maximum atomic E-state index is 4.72. The molecule has 0 unspecified atom stereocenters. The van der Waals surface area contributed by atoms with E-state index in [9.17, 15) is 0 Å². The van der Waals surface area contributed by atoms with Crippen LogP contribution in [0.25, 0.3) is 0 Å². The highest BCUT2D eigenvalue weighted by molar-refractivity contribution is 9.10. The molecule has 166 valence electrons. The van der Waals surface area contributed by atoms with Crippen LogP contribution in [0.2, 0.25) is 0 Å². The first-order valence-electron chi connectivity index (χ1n) is 10.9. The normalized spacial score (nSPS) is 14.7. The molecule has 1 aromatic heterocycles. The number of anilines is 4. The number of aromatic nitrogens is 3. The van der Waals surface area contributed by atoms with Crippen LogP contribution in [0.3, 0.4) is 0 Å². The van der Waals surface area contributed by atoms with E-state index in [-0.39, 0.29) is 0 Å². The molecule has 0 spiro atoms. The molecule has 2 N–H and O–H groups in total. The Kier molecular flexibility index (Phi) is 6.99. The molecule has 2 heterocycles. The standard InChI is InChI=1S/C24H28BrN7/c1-16-11-13-32(14-12-16)24-29-22(27-21-6-4-5-17(2)18(21)3)28-23(30-24)31-26-15-19-7-9-20(25)10-8-19/h4-10,15-16H,11-14H2,1-3H3,(H2,27,28,29,30,31)/b26-15+. The van der Waals surface area contributed by atoms with Gasteiger partial charge in [-0.05, 0) is 67.5 Å². The van der Waals surface area contributed by atoms with Crippen LogP contribution in [-0.2, 0) is 0 Å². The number of nitrogens with one attached hydrogen (secondary N) is 2. The van der Waals surface area contributed by atoms with E-state index >= 15 is 0 Å². The van der Waals surface area contributed by atoms with E-state index in [0.717, 1.165) is 47.6 Å². The number of hydrogen-bond donors (Lipinski definition) is 2. The number of nitrogens with zero attached hydrogens (tertiary/aromatic N) is 5. The molecular formula is C24H28BrN7. The molecule has 4 rings (SSSR count). The van der Waals surface area contributed by atoms with Crippen molar-refractivity contribution in [3.8, 4) is 0 Å². The van der Waals surface area contributed by atoms with Crippen molar-refractivity contribution in [2.75, 3.05) is 28.7 Å². The second-order valence-corrected chi connectivity index (χ2v) is 9.16. The number of aryl methyl sites for hydroxylation is 1. The number of hydrogen-bond acceptors (Lipinski definition) is 7. The van der Waals surface area contributed by atoms with Gasteiger partial charge in [0, 0.05) is 23.2 Å². The van der Waals surface area contributed by atoms with Gasteiger partial charge in [0.1, 0.15) is 0 Å². The van der Waals surface area contributed by atoms with Gasteiger partial charge < -0.3 is 10.2 Å². The van der Waals surface area contributed by atoms with Gasteiger partial charge >= 0.3 is 0 Å². The van der Waals surface area contributed by atoms with E-state index in [1.807, 2.05) is 36.4 Å². The summed E-state index contributed by atoms with van der Waals surface area (Å²) in [6.45, 7) is 8.36. The molecule has 1 aliphatic heterocycles. The molecule has 0 radical (unpaired) electrons. The van der Waals surface area contributed by atoms with Crippen LogP contribution in [0.4, 0.5) is 23.5 Å². The fraction of sp³-hybridized carbons (Fsp3) is 0.333. The third-order valence-electron chi connectivity index (χ3n) is 5.79. The first-order chi connectivity index (χ1) is 15.5. The molecule has 0 atom stereocenters. The Labute approximate surface area is 197 Å². The average molecular weight is 494 g/mol. The minimum atomic E-state index is 0.412. The summed E-state index contributed by atoms with van der Waals surface area (Å²) in [6, 6.07) is 14.1. The highest BCUT2D eigenvalue weighted by Crippen LogP contribution is 2.25. The Morgan fingerprint density at radius 1 is 1.00 bits per heavy atom. The first-order valence-corrected chi connectivity index (χ1v) is 11.7. The summed E-state index contributed by atoms with van der Waals surface area (Å²) in [5.74, 6) is 2.31. The fourth-order valence-electron chi connectivity index (χ4n) is 3.54. The van der Waals surface area contributed by atoms with Gasteiger partial charge in [-0.2, -0.15) is 20.1 Å². The maximum Gasteiger partial charge on any atom is 0.250 e. The second-order valence-electron chi connectivity index (χ2n) is 8.25. The number of piperidine rings is 1. The van der Waals surface area contributed by atoms with Crippen molar-refractivity contribution in [1.82, 2.24) is 15.0 Å². The van der Waals surface area contributed by atoms with Gasteiger partial charge in [0.25, 0.3) is 0 Å². The summed E-state index contributed by atoms with van der Waals surface area (Å²) in [4.78, 5) is 16.1. The van der Waals surface area contributed by atoms with Gasteiger partial charge in [-0.15, -0.1) is 0 Å². The number of benzene rings is 2. The predicted molar refractivity (Wildman–Crippen MR) is 135 cm³/mol. The van der Waals surface area contributed by atoms with Gasteiger partial charge in [0.2, 0.25) is 17.8 Å². The van der Waals surface area contributed by atoms with Crippen LogP contribution < -0.4 is 15.6 Å². The van der Waals surface area contributed by atoms with Gasteiger partial charge in [0.15, 0.2) is 0 Å². The van der Waals surface area contributed by atoms with Gasteiger partial charge in [-0.3, -0.25) is 0 Å². The maximum absolute atomic E-state index is 4.72. The van der Waals surface area contributed by atoms with E-state index in [0.29, 0.717) is 17.8 Å². The van der Waals surface area contributed by atoms with Crippen LogP contribution in [0.15, 0.2) is 52.0 Å². The Hall–Kier alpha value is -3.00. The van der Waals surface area contributed by atoms with Gasteiger partial charge in [-0.1, -0.05) is 47.1 Å². The topological polar surface area (TPSA) is 78.3 Å². The van der Waals surface area contributed by atoms with Crippen LogP contribution in [0, 0.1) is 19.8 Å². The molecule has 32 heavy (non-hydrogen) atoms. The van der Waals surface area contributed by atoms with Crippen LogP contribution >= 0.6 is 15.9 Å². The van der Waals surface area contributed by atoms with Crippen molar-refractivity contribution in [2.45, 2.75) is 33.6 Å². The van der Waals surface area contributed by atoms with E-state index < -0.39 is 0 Å². The lowest BCUT2D eigenvalue weighted by Crippen LogP contribution is -2.34. The van der Waals surface area contributed by atoms with Crippen LogP contribution in [0.1, 0.15) is 36.5 Å². The molecule has 7 nitrogen and oxygen atoms in total. The van der Waals surface area contributed by atoms with Crippen molar-refractivity contribution in [1.29, 1.82) is 0 Å². The molecule has 2 aromatic carbocycles. The van der Waals surface area contributed by atoms with E-state index in [1.165, 1.54) is 11.1 Å². The summed E-state index contributed by atoms with van der Waals surface area (Å²) >= 11 is 3.45. The van der Waals surface area contributed by atoms with Crippen molar-refractivity contribution in [3.63, 3.8) is 0 Å². The van der Waals surface area contributed by atoms with Crippen molar-refractivity contribution < 1.29 is 0 Å². The SMILES string of the molecule is Cc1cccc(Nc2nc(N/N=C/c3ccc(Br)cc3)nc(N3CCC(C)CC3)n2)c1C. The zero-order valence-electron chi connectivity index (χ0n) is 18.6. The highest BCUT2D eigenvalue weighted by atomic mass is 79.9. The lowest BCUT2D eigenvalue weighted by Gasteiger charge is -2.30. The Bertz CT molecular complexity index is 1090. The molecule has 0 bridgehead atoms. The monoisotopic (exact) mass is 493 g/mol. The Balaban J connectivity index is 1.59.